The molecule has 0 saturated carbocycles. The molecule has 0 N–H and O–H groups in total. The highest BCUT2D eigenvalue weighted by Crippen LogP contribution is 2.22. The summed E-state index contributed by atoms with van der Waals surface area (Å²) in [6.45, 7) is 3.84. The number of ketones is 1. The fraction of sp³-hybridized carbons (Fsp3) is 0.462. The Bertz CT molecular complexity index is 277. The maximum absolute atomic E-state index is 11.5. The van der Waals surface area contributed by atoms with Crippen molar-refractivity contribution in [1.29, 1.82) is 0 Å². The van der Waals surface area contributed by atoms with Gasteiger partial charge in [-0.15, -0.1) is 0 Å². The zero-order valence-electron chi connectivity index (χ0n) is 8.99. The summed E-state index contributed by atoms with van der Waals surface area (Å²) in [5.74, 6) is 0.390. The minimum absolute atomic E-state index is 0.108. The van der Waals surface area contributed by atoms with Crippen molar-refractivity contribution < 1.29 is 4.79 Å². The van der Waals surface area contributed by atoms with Gasteiger partial charge in [-0.05, 0) is 18.9 Å². The fourth-order valence-electron chi connectivity index (χ4n) is 1.70. The van der Waals surface area contributed by atoms with Crippen molar-refractivity contribution in [2.45, 2.75) is 39.0 Å². The molecule has 0 bridgehead atoms. The van der Waals surface area contributed by atoms with E-state index < -0.39 is 0 Å². The molecule has 1 atom stereocenters. The predicted octanol–water partition coefficient (Wildman–Crippen LogP) is 3.55. The Morgan fingerprint density at radius 1 is 1.29 bits per heavy atom. The first-order chi connectivity index (χ1) is 6.75. The number of carbonyl (C=O) groups excluding carboxylic acids is 1. The number of benzene rings is 1. The first-order valence-electron chi connectivity index (χ1n) is 5.31. The number of unbranched alkanes of at least 4 members (excludes halogenated alkanes) is 1. The van der Waals surface area contributed by atoms with Gasteiger partial charge >= 0.3 is 0 Å². The van der Waals surface area contributed by atoms with Crippen LogP contribution in [0.2, 0.25) is 0 Å². The maximum atomic E-state index is 11.5. The zero-order chi connectivity index (χ0) is 10.4. The highest BCUT2D eigenvalue weighted by atomic mass is 16.1. The normalized spacial score (nSPS) is 12.4. The van der Waals surface area contributed by atoms with Crippen molar-refractivity contribution in [2.75, 3.05) is 0 Å². The van der Waals surface area contributed by atoms with Crippen molar-refractivity contribution in [3.8, 4) is 0 Å². The van der Waals surface area contributed by atoms with E-state index >= 15 is 0 Å². The van der Waals surface area contributed by atoms with Crippen LogP contribution in [0, 0.1) is 0 Å². The maximum Gasteiger partial charge on any atom is 0.137 e. The quantitative estimate of drug-likeness (QED) is 0.694. The Morgan fingerprint density at radius 2 is 1.93 bits per heavy atom. The molecule has 0 fully saturated rings. The van der Waals surface area contributed by atoms with Gasteiger partial charge in [-0.2, -0.15) is 0 Å². The van der Waals surface area contributed by atoms with E-state index in [9.17, 15) is 4.79 Å². The van der Waals surface area contributed by atoms with E-state index in [1.807, 2.05) is 30.3 Å². The molecule has 1 aromatic rings. The van der Waals surface area contributed by atoms with Crippen LogP contribution in [0.15, 0.2) is 30.3 Å². The van der Waals surface area contributed by atoms with Crippen LogP contribution in [-0.2, 0) is 4.79 Å². The molecule has 0 aliphatic heterocycles. The van der Waals surface area contributed by atoms with Crippen LogP contribution >= 0.6 is 0 Å². The Balaban J connectivity index is 2.73. The predicted molar refractivity (Wildman–Crippen MR) is 59.4 cm³/mol. The molecule has 0 unspecified atom stereocenters. The molecule has 1 rings (SSSR count). The summed E-state index contributed by atoms with van der Waals surface area (Å²) in [4.78, 5) is 11.5. The van der Waals surface area contributed by atoms with Gasteiger partial charge in [0.15, 0.2) is 0 Å². The summed E-state index contributed by atoms with van der Waals surface area (Å²) in [5, 5.41) is 0. The van der Waals surface area contributed by atoms with Crippen LogP contribution in [0.25, 0.3) is 0 Å². The second-order valence-corrected chi connectivity index (χ2v) is 3.72. The molecule has 0 radical (unpaired) electrons. The van der Waals surface area contributed by atoms with Crippen molar-refractivity contribution in [3.05, 3.63) is 35.9 Å². The first-order valence-corrected chi connectivity index (χ1v) is 5.31. The van der Waals surface area contributed by atoms with Gasteiger partial charge in [0.1, 0.15) is 5.78 Å². The summed E-state index contributed by atoms with van der Waals surface area (Å²) >= 11 is 0. The van der Waals surface area contributed by atoms with E-state index in [2.05, 4.69) is 6.92 Å². The average Bonchev–Trinajstić information content (AvgIpc) is 2.19. The Kier molecular flexibility index (Phi) is 4.37. The largest absolute Gasteiger partial charge is 0.299 e. The van der Waals surface area contributed by atoms with Crippen LogP contribution in [0.1, 0.15) is 44.6 Å². The van der Waals surface area contributed by atoms with Crippen molar-refractivity contribution in [3.63, 3.8) is 0 Å². The highest BCUT2D eigenvalue weighted by Gasteiger charge is 2.14. The molecule has 0 amide bonds. The summed E-state index contributed by atoms with van der Waals surface area (Å²) in [5.41, 5.74) is 1.16. The number of rotatable bonds is 5. The van der Waals surface area contributed by atoms with Gasteiger partial charge in [-0.1, -0.05) is 50.1 Å². The molecule has 0 aromatic heterocycles. The molecule has 0 heterocycles. The fourth-order valence-corrected chi connectivity index (χ4v) is 1.70. The standard InChI is InChI=1S/C13H18O/c1-3-4-10-13(11(2)14)12-8-6-5-7-9-12/h5-9,13H,3-4,10H2,1-2H3/t13-/m0/s1. The topological polar surface area (TPSA) is 17.1 Å². The SMILES string of the molecule is CCCC[C@@H](C(C)=O)c1ccccc1. The molecule has 0 spiro atoms. The number of hydrogen-bond acceptors (Lipinski definition) is 1. The van der Waals surface area contributed by atoms with Gasteiger partial charge in [-0.3, -0.25) is 4.79 Å². The highest BCUT2D eigenvalue weighted by molar-refractivity contribution is 5.83. The van der Waals surface area contributed by atoms with Crippen LogP contribution in [-0.4, -0.2) is 5.78 Å². The van der Waals surface area contributed by atoms with Crippen LogP contribution < -0.4 is 0 Å². The van der Waals surface area contributed by atoms with Crippen molar-refractivity contribution >= 4 is 5.78 Å². The van der Waals surface area contributed by atoms with E-state index in [1.165, 1.54) is 0 Å². The van der Waals surface area contributed by atoms with Crippen molar-refractivity contribution in [1.82, 2.24) is 0 Å². The second kappa shape index (κ2) is 5.58. The van der Waals surface area contributed by atoms with Crippen LogP contribution in [0.3, 0.4) is 0 Å². The van der Waals surface area contributed by atoms with Crippen LogP contribution in [0.4, 0.5) is 0 Å². The second-order valence-electron chi connectivity index (χ2n) is 3.72. The molecule has 1 heteroatoms. The lowest BCUT2D eigenvalue weighted by molar-refractivity contribution is -0.118. The smallest absolute Gasteiger partial charge is 0.137 e. The minimum atomic E-state index is 0.108. The number of hydrogen-bond donors (Lipinski definition) is 0. The molecular weight excluding hydrogens is 172 g/mol. The summed E-state index contributed by atoms with van der Waals surface area (Å²) in [7, 11) is 0. The monoisotopic (exact) mass is 190 g/mol. The van der Waals surface area contributed by atoms with E-state index in [1.54, 1.807) is 6.92 Å². The lowest BCUT2D eigenvalue weighted by Gasteiger charge is -2.13. The average molecular weight is 190 g/mol. The molecule has 0 saturated heterocycles. The number of carbonyl (C=O) groups is 1. The Labute approximate surface area is 86.1 Å². The number of Topliss-reactive ketones (excluding diaryl/α,β-unsaturated/α-hetero) is 1. The lowest BCUT2D eigenvalue weighted by atomic mass is 9.90. The molecule has 0 aliphatic rings. The molecule has 14 heavy (non-hydrogen) atoms. The molecule has 1 aromatic carbocycles. The van der Waals surface area contributed by atoms with E-state index in [0.29, 0.717) is 0 Å². The van der Waals surface area contributed by atoms with Gasteiger partial charge in [0.25, 0.3) is 0 Å². The van der Waals surface area contributed by atoms with Crippen molar-refractivity contribution in [2.24, 2.45) is 0 Å². The van der Waals surface area contributed by atoms with Gasteiger partial charge < -0.3 is 0 Å². The minimum Gasteiger partial charge on any atom is -0.299 e. The van der Waals surface area contributed by atoms with Gasteiger partial charge in [-0.25, -0.2) is 0 Å². The Hall–Kier alpha value is -1.11. The third-order valence-electron chi connectivity index (χ3n) is 2.54. The molecular formula is C13H18O. The third-order valence-corrected chi connectivity index (χ3v) is 2.54. The van der Waals surface area contributed by atoms with Gasteiger partial charge in [0.05, 0.1) is 0 Å². The third kappa shape index (κ3) is 2.99. The van der Waals surface area contributed by atoms with Gasteiger partial charge in [0.2, 0.25) is 0 Å². The summed E-state index contributed by atoms with van der Waals surface area (Å²) < 4.78 is 0. The molecule has 76 valence electrons. The Morgan fingerprint density at radius 3 is 2.43 bits per heavy atom. The zero-order valence-corrected chi connectivity index (χ0v) is 8.99. The first kappa shape index (κ1) is 11.0. The summed E-state index contributed by atoms with van der Waals surface area (Å²) in [6, 6.07) is 10.1. The lowest BCUT2D eigenvalue weighted by Crippen LogP contribution is -2.08. The summed E-state index contributed by atoms with van der Waals surface area (Å²) in [6.07, 6.45) is 3.26. The van der Waals surface area contributed by atoms with E-state index in [4.69, 9.17) is 0 Å². The van der Waals surface area contributed by atoms with E-state index in [0.717, 1.165) is 24.8 Å². The van der Waals surface area contributed by atoms with Gasteiger partial charge in [0, 0.05) is 5.92 Å². The molecule has 0 aliphatic carbocycles. The molecule has 1 nitrogen and oxygen atoms in total. The van der Waals surface area contributed by atoms with E-state index in [-0.39, 0.29) is 11.7 Å². The van der Waals surface area contributed by atoms with Crippen LogP contribution in [0.5, 0.6) is 0 Å².